The molecule has 1 heterocycles. The second-order valence-electron chi connectivity index (χ2n) is 6.56. The average Bonchev–Trinajstić information content (AvgIpc) is 2.70. The maximum absolute atomic E-state index is 9.55. The van der Waals surface area contributed by atoms with Gasteiger partial charge in [-0.2, -0.15) is 0 Å². The van der Waals surface area contributed by atoms with E-state index in [0.29, 0.717) is 18.1 Å². The van der Waals surface area contributed by atoms with Gasteiger partial charge in [0, 0.05) is 31.2 Å². The molecule has 0 unspecified atom stereocenters. The first kappa shape index (κ1) is 21.1. The molecule has 2 aromatic carbocycles. The molecule has 0 aromatic heterocycles. The van der Waals surface area contributed by atoms with E-state index in [1.807, 2.05) is 0 Å². The minimum Gasteiger partial charge on any atom is -0.478 e. The summed E-state index contributed by atoms with van der Waals surface area (Å²) in [6, 6.07) is 21.7. The number of benzene rings is 2. The lowest BCUT2D eigenvalue weighted by Crippen LogP contribution is -2.26. The Morgan fingerprint density at radius 2 is 1.36 bits per heavy atom. The molecule has 28 heavy (non-hydrogen) atoms. The normalized spacial score (nSPS) is 14.3. The molecule has 0 atom stereocenters. The lowest BCUT2D eigenvalue weighted by Gasteiger charge is -2.28. The van der Waals surface area contributed by atoms with E-state index >= 15 is 0 Å². The summed E-state index contributed by atoms with van der Waals surface area (Å²) in [4.78, 5) is 21.5. The molecular formula is C23H25NO4. The predicted octanol–water partition coefficient (Wildman–Crippen LogP) is 3.79. The molecule has 5 nitrogen and oxygen atoms in total. The largest absolute Gasteiger partial charge is 0.478 e. The molecule has 0 amide bonds. The van der Waals surface area contributed by atoms with Crippen molar-refractivity contribution < 1.29 is 19.8 Å². The van der Waals surface area contributed by atoms with Crippen molar-refractivity contribution in [3.63, 3.8) is 0 Å². The van der Waals surface area contributed by atoms with Crippen LogP contribution >= 0.6 is 0 Å². The van der Waals surface area contributed by atoms with Gasteiger partial charge in [-0.1, -0.05) is 72.3 Å². The van der Waals surface area contributed by atoms with Crippen LogP contribution in [-0.4, -0.2) is 47.2 Å². The number of aliphatic carboxylic acids is 2. The first-order valence-electron chi connectivity index (χ1n) is 9.08. The van der Waals surface area contributed by atoms with E-state index in [1.165, 1.54) is 11.1 Å². The van der Waals surface area contributed by atoms with Crippen LogP contribution in [0.1, 0.15) is 23.5 Å². The zero-order valence-electron chi connectivity index (χ0n) is 15.9. The van der Waals surface area contributed by atoms with Crippen molar-refractivity contribution in [2.24, 2.45) is 0 Å². The molecule has 1 aliphatic heterocycles. The number of likely N-dealkylation sites (N-methyl/N-ethyl adjacent to an activating group) is 1. The smallest absolute Gasteiger partial charge is 0.328 e. The third-order valence-corrected chi connectivity index (χ3v) is 4.45. The number of nitrogens with zero attached hydrogens (tertiary/aromatic N) is 1. The van der Waals surface area contributed by atoms with Gasteiger partial charge >= 0.3 is 11.9 Å². The quantitative estimate of drug-likeness (QED) is 0.610. The second-order valence-corrected chi connectivity index (χ2v) is 6.56. The van der Waals surface area contributed by atoms with Gasteiger partial charge in [0.2, 0.25) is 0 Å². The van der Waals surface area contributed by atoms with E-state index in [2.05, 4.69) is 78.7 Å². The van der Waals surface area contributed by atoms with Gasteiger partial charge in [-0.25, -0.2) is 9.59 Å². The van der Waals surface area contributed by atoms with Crippen molar-refractivity contribution in [1.29, 1.82) is 0 Å². The van der Waals surface area contributed by atoms with Crippen LogP contribution in [0.25, 0.3) is 0 Å². The van der Waals surface area contributed by atoms with Crippen LogP contribution in [0.3, 0.4) is 0 Å². The van der Waals surface area contributed by atoms with Gasteiger partial charge in [0.15, 0.2) is 0 Å². The molecule has 1 aliphatic rings. The number of carbonyl (C=O) groups is 2. The van der Waals surface area contributed by atoms with Crippen molar-refractivity contribution in [1.82, 2.24) is 4.90 Å². The van der Waals surface area contributed by atoms with Gasteiger partial charge in [-0.15, -0.1) is 0 Å². The van der Waals surface area contributed by atoms with Gasteiger partial charge in [0.25, 0.3) is 0 Å². The third-order valence-electron chi connectivity index (χ3n) is 4.45. The van der Waals surface area contributed by atoms with Crippen LogP contribution in [-0.2, 0) is 9.59 Å². The van der Waals surface area contributed by atoms with Crippen molar-refractivity contribution in [2.45, 2.75) is 12.3 Å². The van der Waals surface area contributed by atoms with Gasteiger partial charge in [0.05, 0.1) is 0 Å². The monoisotopic (exact) mass is 379 g/mol. The summed E-state index contributed by atoms with van der Waals surface area (Å²) in [5.41, 5.74) is 4.35. The highest BCUT2D eigenvalue weighted by molar-refractivity contribution is 5.89. The zero-order valence-corrected chi connectivity index (χ0v) is 15.9. The van der Waals surface area contributed by atoms with Gasteiger partial charge < -0.3 is 15.1 Å². The van der Waals surface area contributed by atoms with Crippen LogP contribution in [0.2, 0.25) is 0 Å². The first-order chi connectivity index (χ1) is 13.5. The first-order valence-corrected chi connectivity index (χ1v) is 9.08. The van der Waals surface area contributed by atoms with E-state index in [0.717, 1.165) is 19.5 Å². The Morgan fingerprint density at radius 3 is 1.71 bits per heavy atom. The minimum absolute atomic E-state index is 0.408. The summed E-state index contributed by atoms with van der Waals surface area (Å²) >= 11 is 0. The van der Waals surface area contributed by atoms with Crippen molar-refractivity contribution in [2.75, 3.05) is 20.1 Å². The zero-order chi connectivity index (χ0) is 20.4. The molecule has 0 fully saturated rings. The topological polar surface area (TPSA) is 77.8 Å². The van der Waals surface area contributed by atoms with E-state index in [9.17, 15) is 9.59 Å². The predicted molar refractivity (Wildman–Crippen MR) is 109 cm³/mol. The van der Waals surface area contributed by atoms with E-state index in [4.69, 9.17) is 10.2 Å². The number of hydrogen-bond acceptors (Lipinski definition) is 3. The molecule has 0 spiro atoms. The average molecular weight is 379 g/mol. The Kier molecular flexibility index (Phi) is 8.18. The molecule has 5 heteroatoms. The summed E-state index contributed by atoms with van der Waals surface area (Å²) in [5, 5.41) is 15.6. The fourth-order valence-electron chi connectivity index (χ4n) is 3.10. The molecule has 3 rings (SSSR count). The Hall–Kier alpha value is -3.18. The maximum atomic E-state index is 9.55. The van der Waals surface area contributed by atoms with Crippen LogP contribution in [0.15, 0.2) is 84.5 Å². The fraction of sp³-hybridized carbons (Fsp3) is 0.217. The van der Waals surface area contributed by atoms with E-state index < -0.39 is 11.9 Å². The van der Waals surface area contributed by atoms with E-state index in [-0.39, 0.29) is 0 Å². The molecule has 0 saturated carbocycles. The van der Waals surface area contributed by atoms with E-state index in [1.54, 1.807) is 5.57 Å². The van der Waals surface area contributed by atoms with Crippen LogP contribution in [0.5, 0.6) is 0 Å². The van der Waals surface area contributed by atoms with Crippen LogP contribution in [0, 0.1) is 0 Å². The standard InChI is InChI=1S/C19H21N.C4H4O4/c1-20-14-12-18(13-15-20)19(16-8-4-2-5-9-16)17-10-6-3-7-11-17;5-3(6)1-2-4(7)8/h2-12,19H,13-15H2,1H3;1-2H,(H,5,6)(H,7,8)/b;2-1+. The van der Waals surface area contributed by atoms with Crippen LogP contribution < -0.4 is 0 Å². The van der Waals surface area contributed by atoms with Crippen molar-refractivity contribution in [3.05, 3.63) is 95.6 Å². The lowest BCUT2D eigenvalue weighted by molar-refractivity contribution is -0.134. The molecular weight excluding hydrogens is 354 g/mol. The summed E-state index contributed by atoms with van der Waals surface area (Å²) < 4.78 is 0. The highest BCUT2D eigenvalue weighted by atomic mass is 16.4. The molecule has 0 aliphatic carbocycles. The van der Waals surface area contributed by atoms with Gasteiger partial charge in [-0.3, -0.25) is 0 Å². The maximum Gasteiger partial charge on any atom is 0.328 e. The highest BCUT2D eigenvalue weighted by Crippen LogP contribution is 2.34. The Balaban J connectivity index is 0.000000300. The summed E-state index contributed by atoms with van der Waals surface area (Å²) in [5.74, 6) is -2.11. The van der Waals surface area contributed by atoms with Gasteiger partial charge in [-0.05, 0) is 24.6 Å². The highest BCUT2D eigenvalue weighted by Gasteiger charge is 2.20. The van der Waals surface area contributed by atoms with Crippen LogP contribution in [0.4, 0.5) is 0 Å². The van der Waals surface area contributed by atoms with Crippen molar-refractivity contribution in [3.8, 4) is 0 Å². The molecule has 0 bridgehead atoms. The Morgan fingerprint density at radius 1 is 0.893 bits per heavy atom. The minimum atomic E-state index is -1.26. The SMILES string of the molecule is CN1CC=C(C(c2ccccc2)c2ccccc2)CC1.O=C(O)/C=C/C(=O)O. The molecule has 2 N–H and O–H groups in total. The Labute approximate surface area is 165 Å². The van der Waals surface area contributed by atoms with Crippen molar-refractivity contribution >= 4 is 11.9 Å². The molecule has 146 valence electrons. The number of hydrogen-bond donors (Lipinski definition) is 2. The van der Waals surface area contributed by atoms with Gasteiger partial charge in [0.1, 0.15) is 0 Å². The number of rotatable bonds is 5. The number of carboxylic acid groups (broad SMARTS) is 2. The fourth-order valence-corrected chi connectivity index (χ4v) is 3.10. The lowest BCUT2D eigenvalue weighted by atomic mass is 9.82. The Bertz CT molecular complexity index is 773. The summed E-state index contributed by atoms with van der Waals surface area (Å²) in [6.07, 6.45) is 4.68. The molecule has 2 aromatic rings. The molecule has 0 radical (unpaired) electrons. The summed E-state index contributed by atoms with van der Waals surface area (Å²) in [7, 11) is 2.19. The molecule has 0 saturated heterocycles. The third kappa shape index (κ3) is 6.85. The number of carboxylic acids is 2. The second kappa shape index (κ2) is 10.8. The summed E-state index contributed by atoms with van der Waals surface area (Å²) in [6.45, 7) is 2.22.